The predicted molar refractivity (Wildman–Crippen MR) is 77.7 cm³/mol. The Morgan fingerprint density at radius 3 is 2.75 bits per heavy atom. The summed E-state index contributed by atoms with van der Waals surface area (Å²) < 4.78 is 0. The molecule has 3 rings (SSSR count). The summed E-state index contributed by atoms with van der Waals surface area (Å²) in [6, 6.07) is 11.7. The highest BCUT2D eigenvalue weighted by Gasteiger charge is 2.44. The Bertz CT molecular complexity index is 625. The van der Waals surface area contributed by atoms with Crippen molar-refractivity contribution < 1.29 is 4.79 Å². The van der Waals surface area contributed by atoms with E-state index < -0.39 is 0 Å². The maximum atomic E-state index is 12.1. The number of aromatic nitrogens is 2. The lowest BCUT2D eigenvalue weighted by atomic mass is 10.1. The average Bonchev–Trinajstić information content (AvgIpc) is 3.18. The maximum absolute atomic E-state index is 12.1. The van der Waals surface area contributed by atoms with E-state index in [0.717, 1.165) is 12.1 Å². The zero-order valence-corrected chi connectivity index (χ0v) is 11.8. The summed E-state index contributed by atoms with van der Waals surface area (Å²) in [4.78, 5) is 20.3. The largest absolute Gasteiger partial charge is 0.294 e. The van der Waals surface area contributed by atoms with Crippen LogP contribution in [-0.2, 0) is 4.79 Å². The molecule has 0 radical (unpaired) electrons. The SMILES string of the molecule is Cc1cc(Cl)nc(NC(=O)C2CC2c2ccccc2)n1. The zero-order chi connectivity index (χ0) is 14.1. The monoisotopic (exact) mass is 287 g/mol. The van der Waals surface area contributed by atoms with E-state index in [2.05, 4.69) is 27.4 Å². The van der Waals surface area contributed by atoms with Crippen molar-refractivity contribution in [3.63, 3.8) is 0 Å². The van der Waals surface area contributed by atoms with Crippen LogP contribution in [0, 0.1) is 12.8 Å². The Hall–Kier alpha value is -1.94. The van der Waals surface area contributed by atoms with Gasteiger partial charge in [0.25, 0.3) is 0 Å². The molecule has 1 aromatic carbocycles. The number of rotatable bonds is 3. The zero-order valence-electron chi connectivity index (χ0n) is 11.0. The van der Waals surface area contributed by atoms with Crippen LogP contribution in [-0.4, -0.2) is 15.9 Å². The minimum Gasteiger partial charge on any atom is -0.294 e. The number of nitrogens with zero attached hydrogens (tertiary/aromatic N) is 2. The van der Waals surface area contributed by atoms with Crippen molar-refractivity contribution in [3.05, 3.63) is 52.8 Å². The van der Waals surface area contributed by atoms with E-state index >= 15 is 0 Å². The van der Waals surface area contributed by atoms with E-state index in [0.29, 0.717) is 11.1 Å². The van der Waals surface area contributed by atoms with Crippen LogP contribution in [0.15, 0.2) is 36.4 Å². The third-order valence-corrected chi connectivity index (χ3v) is 3.61. The van der Waals surface area contributed by atoms with Gasteiger partial charge in [0.2, 0.25) is 11.9 Å². The molecule has 0 bridgehead atoms. The molecule has 2 atom stereocenters. The summed E-state index contributed by atoms with van der Waals surface area (Å²) in [6.07, 6.45) is 0.870. The van der Waals surface area contributed by atoms with E-state index in [-0.39, 0.29) is 17.8 Å². The molecule has 1 fully saturated rings. The Labute approximate surface area is 122 Å². The van der Waals surface area contributed by atoms with E-state index in [9.17, 15) is 4.79 Å². The van der Waals surface area contributed by atoms with Crippen LogP contribution in [0.5, 0.6) is 0 Å². The number of halogens is 1. The molecule has 0 aliphatic heterocycles. The second kappa shape index (κ2) is 5.21. The van der Waals surface area contributed by atoms with Crippen molar-refractivity contribution in [2.45, 2.75) is 19.3 Å². The second-order valence-corrected chi connectivity index (χ2v) is 5.39. The number of aryl methyl sites for hydroxylation is 1. The topological polar surface area (TPSA) is 54.9 Å². The molecule has 2 aromatic rings. The molecular formula is C15H14ClN3O. The molecule has 2 unspecified atom stereocenters. The van der Waals surface area contributed by atoms with Crippen LogP contribution in [0.2, 0.25) is 5.15 Å². The molecule has 20 heavy (non-hydrogen) atoms. The fourth-order valence-corrected chi connectivity index (χ4v) is 2.58. The van der Waals surface area contributed by atoms with Gasteiger partial charge in [-0.3, -0.25) is 10.1 Å². The van der Waals surface area contributed by atoms with Gasteiger partial charge in [-0.2, -0.15) is 0 Å². The third kappa shape index (κ3) is 2.80. The average molecular weight is 288 g/mol. The number of anilines is 1. The minimum atomic E-state index is -0.0412. The standard InChI is InChI=1S/C15H14ClN3O/c1-9-7-13(16)18-15(17-9)19-14(20)12-8-11(12)10-5-3-2-4-6-10/h2-7,11-12H,8H2,1H3,(H,17,18,19,20). The van der Waals surface area contributed by atoms with E-state index in [1.165, 1.54) is 5.56 Å². The van der Waals surface area contributed by atoms with Crippen LogP contribution < -0.4 is 5.32 Å². The van der Waals surface area contributed by atoms with Gasteiger partial charge in [-0.25, -0.2) is 9.97 Å². The van der Waals surface area contributed by atoms with Gasteiger partial charge in [-0.15, -0.1) is 0 Å². The van der Waals surface area contributed by atoms with Crippen LogP contribution in [0.1, 0.15) is 23.6 Å². The molecule has 5 heteroatoms. The smallest absolute Gasteiger partial charge is 0.231 e. The molecule has 0 spiro atoms. The molecule has 1 amide bonds. The van der Waals surface area contributed by atoms with Crippen LogP contribution in [0.4, 0.5) is 5.95 Å². The highest BCUT2D eigenvalue weighted by Crippen LogP contribution is 2.47. The van der Waals surface area contributed by atoms with Crippen molar-refractivity contribution in [3.8, 4) is 0 Å². The molecule has 0 saturated heterocycles. The van der Waals surface area contributed by atoms with Gasteiger partial charge < -0.3 is 0 Å². The maximum Gasteiger partial charge on any atom is 0.231 e. The summed E-state index contributed by atoms with van der Waals surface area (Å²) >= 11 is 5.85. The van der Waals surface area contributed by atoms with E-state index in [4.69, 9.17) is 11.6 Å². The predicted octanol–water partition coefficient (Wildman–Crippen LogP) is 3.18. The lowest BCUT2D eigenvalue weighted by molar-refractivity contribution is -0.117. The number of hydrogen-bond acceptors (Lipinski definition) is 3. The Morgan fingerprint density at radius 1 is 1.30 bits per heavy atom. The fourth-order valence-electron chi connectivity index (χ4n) is 2.34. The summed E-state index contributed by atoms with van der Waals surface area (Å²) in [5.74, 6) is 0.538. The van der Waals surface area contributed by atoms with E-state index in [1.807, 2.05) is 25.1 Å². The first-order chi connectivity index (χ1) is 9.63. The summed E-state index contributed by atoms with van der Waals surface area (Å²) in [6.45, 7) is 1.81. The number of benzene rings is 1. The number of carbonyl (C=O) groups is 1. The summed E-state index contributed by atoms with van der Waals surface area (Å²) in [5, 5.41) is 3.08. The quantitative estimate of drug-likeness (QED) is 0.882. The molecule has 1 saturated carbocycles. The van der Waals surface area contributed by atoms with Gasteiger partial charge in [0.1, 0.15) is 5.15 Å². The Morgan fingerprint density at radius 2 is 2.05 bits per heavy atom. The summed E-state index contributed by atoms with van der Waals surface area (Å²) in [7, 11) is 0. The number of nitrogens with one attached hydrogen (secondary N) is 1. The molecule has 102 valence electrons. The molecule has 1 heterocycles. The Kier molecular flexibility index (Phi) is 3.40. The second-order valence-electron chi connectivity index (χ2n) is 5.00. The first-order valence-corrected chi connectivity index (χ1v) is 6.88. The number of carbonyl (C=O) groups excluding carboxylic acids is 1. The lowest BCUT2D eigenvalue weighted by Crippen LogP contribution is -2.17. The molecule has 1 aliphatic rings. The normalized spacial score (nSPS) is 20.5. The molecular weight excluding hydrogens is 274 g/mol. The van der Waals surface area contributed by atoms with Gasteiger partial charge in [-0.05, 0) is 30.9 Å². The molecule has 1 aliphatic carbocycles. The van der Waals surface area contributed by atoms with Crippen molar-refractivity contribution in [2.75, 3.05) is 5.32 Å². The summed E-state index contributed by atoms with van der Waals surface area (Å²) in [5.41, 5.74) is 1.94. The third-order valence-electron chi connectivity index (χ3n) is 3.41. The first kappa shape index (κ1) is 13.1. The minimum absolute atomic E-state index is 0.000266. The van der Waals surface area contributed by atoms with Crippen LogP contribution in [0.3, 0.4) is 0 Å². The van der Waals surface area contributed by atoms with Gasteiger partial charge in [0.05, 0.1) is 0 Å². The van der Waals surface area contributed by atoms with Gasteiger partial charge in [0.15, 0.2) is 0 Å². The van der Waals surface area contributed by atoms with Gasteiger partial charge >= 0.3 is 0 Å². The van der Waals surface area contributed by atoms with Crippen LogP contribution >= 0.6 is 11.6 Å². The molecule has 1 N–H and O–H groups in total. The van der Waals surface area contributed by atoms with Crippen molar-refractivity contribution >= 4 is 23.5 Å². The first-order valence-electron chi connectivity index (χ1n) is 6.50. The molecule has 4 nitrogen and oxygen atoms in total. The Balaban J connectivity index is 1.67. The lowest BCUT2D eigenvalue weighted by Gasteiger charge is -2.04. The van der Waals surface area contributed by atoms with Crippen LogP contribution in [0.25, 0.3) is 0 Å². The number of amides is 1. The van der Waals surface area contributed by atoms with Gasteiger partial charge in [0, 0.05) is 11.6 Å². The van der Waals surface area contributed by atoms with E-state index in [1.54, 1.807) is 6.07 Å². The van der Waals surface area contributed by atoms with Gasteiger partial charge in [-0.1, -0.05) is 41.9 Å². The fraction of sp³-hybridized carbons (Fsp3) is 0.267. The highest BCUT2D eigenvalue weighted by atomic mass is 35.5. The highest BCUT2D eigenvalue weighted by molar-refractivity contribution is 6.29. The van der Waals surface area contributed by atoms with Crippen molar-refractivity contribution in [2.24, 2.45) is 5.92 Å². The van der Waals surface area contributed by atoms with Crippen molar-refractivity contribution in [1.82, 2.24) is 9.97 Å². The number of hydrogen-bond donors (Lipinski definition) is 1. The molecule has 1 aromatic heterocycles. The van der Waals surface area contributed by atoms with Crippen molar-refractivity contribution in [1.29, 1.82) is 0 Å².